The minimum atomic E-state index is -3.99. The van der Waals surface area contributed by atoms with Crippen molar-refractivity contribution in [2.45, 2.75) is 4.90 Å². The van der Waals surface area contributed by atoms with Gasteiger partial charge in [-0.15, -0.1) is 0 Å². The summed E-state index contributed by atoms with van der Waals surface area (Å²) in [5, 5.41) is 28.3. The summed E-state index contributed by atoms with van der Waals surface area (Å²) in [6.07, 6.45) is 2.84. The molecule has 0 spiro atoms. The highest BCUT2D eigenvalue weighted by atomic mass is 35.5. The van der Waals surface area contributed by atoms with Crippen molar-refractivity contribution in [2.24, 2.45) is 10.2 Å². The van der Waals surface area contributed by atoms with E-state index in [0.717, 1.165) is 6.07 Å². The fourth-order valence-electron chi connectivity index (χ4n) is 4.86. The maximum atomic E-state index is 12.4. The number of hydrogen-bond donors (Lipinski definition) is 2. The van der Waals surface area contributed by atoms with Gasteiger partial charge < -0.3 is 13.7 Å². The van der Waals surface area contributed by atoms with Crippen LogP contribution < -0.4 is 24.5 Å². The molecule has 0 saturated heterocycles. The van der Waals surface area contributed by atoms with Crippen LogP contribution >= 0.6 is 11.6 Å². The van der Waals surface area contributed by atoms with Crippen LogP contribution in [0.1, 0.15) is 37.4 Å². The fourth-order valence-corrected chi connectivity index (χ4v) is 6.01. The Morgan fingerprint density at radius 1 is 0.729 bits per heavy atom. The standard InChI is InChI=1S/C21H13ClN4O4.C21H18N2O5S/c22-17-5-2-4-15(10-17)21(27)25-24-13-14-3-1-6-19(9-14)30-20-8-7-18(26(28)29)11-16(20)12-23;1-27-20-14-16(15-22-23-21(24)17-8-4-2-5-9-17)12-13-19(20)28-29(25,26)18-10-6-3-7-11-18/h1-11,13H,(H,25,27);2-15H,1H3,(H,23,24)/b24-13+;22-15+. The van der Waals surface area contributed by atoms with Gasteiger partial charge in [-0.25, -0.2) is 10.9 Å². The second-order valence-electron chi connectivity index (χ2n) is 11.8. The van der Waals surface area contributed by atoms with Crippen LogP contribution in [0.15, 0.2) is 161 Å². The SMILES string of the molecule is COc1cc(/C=N/NC(=O)c2ccccc2)ccc1OS(=O)(=O)c1ccccc1.N#Cc1cc([N+](=O)[O-])ccc1Oc1cccc(/C=N/NC(=O)c2cccc(Cl)c2)c1. The molecule has 17 heteroatoms. The molecule has 0 radical (unpaired) electrons. The number of ether oxygens (including phenoxy) is 2. The van der Waals surface area contributed by atoms with Crippen molar-refractivity contribution in [3.8, 4) is 29.1 Å². The van der Waals surface area contributed by atoms with Gasteiger partial charge in [0, 0.05) is 28.3 Å². The Morgan fingerprint density at radius 2 is 1.34 bits per heavy atom. The maximum Gasteiger partial charge on any atom is 0.339 e. The molecule has 0 bridgehead atoms. The van der Waals surface area contributed by atoms with Gasteiger partial charge >= 0.3 is 10.1 Å². The topological polar surface area (TPSA) is 212 Å². The molecule has 0 aliphatic carbocycles. The smallest absolute Gasteiger partial charge is 0.339 e. The lowest BCUT2D eigenvalue weighted by molar-refractivity contribution is -0.384. The summed E-state index contributed by atoms with van der Waals surface area (Å²) in [6, 6.07) is 39.9. The molecule has 0 aliphatic heterocycles. The summed E-state index contributed by atoms with van der Waals surface area (Å²) in [7, 11) is -2.59. The summed E-state index contributed by atoms with van der Waals surface area (Å²) >= 11 is 5.86. The van der Waals surface area contributed by atoms with Gasteiger partial charge in [0.2, 0.25) is 0 Å². The second kappa shape index (κ2) is 20.3. The molecule has 15 nitrogen and oxygen atoms in total. The largest absolute Gasteiger partial charge is 0.493 e. The number of nitrogens with zero attached hydrogens (tertiary/aromatic N) is 4. The van der Waals surface area contributed by atoms with E-state index in [9.17, 15) is 33.4 Å². The molecule has 2 N–H and O–H groups in total. The predicted octanol–water partition coefficient (Wildman–Crippen LogP) is 7.90. The number of hydrazone groups is 2. The summed E-state index contributed by atoms with van der Waals surface area (Å²) in [4.78, 5) is 34.3. The molecule has 0 unspecified atom stereocenters. The van der Waals surface area contributed by atoms with Crippen LogP contribution in [0, 0.1) is 21.4 Å². The molecule has 0 heterocycles. The summed E-state index contributed by atoms with van der Waals surface area (Å²) < 4.78 is 40.9. The van der Waals surface area contributed by atoms with Crippen molar-refractivity contribution >= 4 is 51.7 Å². The van der Waals surface area contributed by atoms with Crippen molar-refractivity contribution in [2.75, 3.05) is 7.11 Å². The average molecular weight is 831 g/mol. The highest BCUT2D eigenvalue weighted by Crippen LogP contribution is 2.31. The molecule has 0 aromatic heterocycles. The number of hydrogen-bond acceptors (Lipinski definition) is 12. The number of nitrogens with one attached hydrogen (secondary N) is 2. The van der Waals surface area contributed by atoms with E-state index in [1.807, 2.05) is 12.1 Å². The quantitative estimate of drug-likeness (QED) is 0.0497. The van der Waals surface area contributed by atoms with Crippen molar-refractivity contribution in [1.29, 1.82) is 5.26 Å². The summed E-state index contributed by atoms with van der Waals surface area (Å²) in [5.41, 5.74) is 6.73. The normalized spacial score (nSPS) is 10.8. The first-order valence-corrected chi connectivity index (χ1v) is 18.9. The number of carbonyl (C=O) groups excluding carboxylic acids is 2. The molecular formula is C42H31ClN6O9S. The zero-order chi connectivity index (χ0) is 42.2. The Kier molecular flexibility index (Phi) is 14.6. The first-order chi connectivity index (χ1) is 28.4. The lowest BCUT2D eigenvalue weighted by Crippen LogP contribution is -2.17. The van der Waals surface area contributed by atoms with Gasteiger partial charge in [-0.3, -0.25) is 19.7 Å². The van der Waals surface area contributed by atoms with E-state index in [0.29, 0.717) is 33.0 Å². The van der Waals surface area contributed by atoms with E-state index in [1.165, 1.54) is 55.9 Å². The van der Waals surface area contributed by atoms with Crippen molar-refractivity contribution in [3.05, 3.63) is 189 Å². The van der Waals surface area contributed by atoms with Crippen LogP contribution in [0.5, 0.6) is 23.0 Å². The zero-order valence-corrected chi connectivity index (χ0v) is 32.3. The molecule has 0 fully saturated rings. The second-order valence-corrected chi connectivity index (χ2v) is 13.7. The lowest BCUT2D eigenvalue weighted by atomic mass is 10.2. The first kappa shape index (κ1) is 42.3. The first-order valence-electron chi connectivity index (χ1n) is 17.1. The van der Waals surface area contributed by atoms with E-state index in [2.05, 4.69) is 21.1 Å². The van der Waals surface area contributed by atoms with Gasteiger partial charge in [-0.1, -0.05) is 66.2 Å². The summed E-state index contributed by atoms with van der Waals surface area (Å²) in [5.74, 6) is 0.0787. The van der Waals surface area contributed by atoms with Crippen LogP contribution in [0.25, 0.3) is 0 Å². The van der Waals surface area contributed by atoms with E-state index in [1.54, 1.807) is 97.1 Å². The number of non-ortho nitro benzene ring substituents is 1. The van der Waals surface area contributed by atoms with Crippen molar-refractivity contribution < 1.29 is 36.6 Å². The number of nitro benzene ring substituents is 1. The van der Waals surface area contributed by atoms with E-state index >= 15 is 0 Å². The molecular weight excluding hydrogens is 800 g/mol. The Bertz CT molecular complexity index is 2670. The van der Waals surface area contributed by atoms with Crippen LogP contribution in [0.3, 0.4) is 0 Å². The number of rotatable bonds is 13. The van der Waals surface area contributed by atoms with Gasteiger partial charge in [0.25, 0.3) is 17.5 Å². The van der Waals surface area contributed by atoms with E-state index < -0.39 is 20.9 Å². The number of amides is 2. The molecule has 0 saturated carbocycles. The van der Waals surface area contributed by atoms with Crippen LogP contribution in [-0.2, 0) is 10.1 Å². The van der Waals surface area contributed by atoms with Gasteiger partial charge in [0.15, 0.2) is 11.5 Å². The number of carbonyl (C=O) groups is 2. The third-order valence-electron chi connectivity index (χ3n) is 7.68. The molecule has 2 amide bonds. The highest BCUT2D eigenvalue weighted by molar-refractivity contribution is 7.87. The minimum Gasteiger partial charge on any atom is -0.493 e. The maximum absolute atomic E-state index is 12.4. The predicted molar refractivity (Wildman–Crippen MR) is 220 cm³/mol. The van der Waals surface area contributed by atoms with E-state index in [4.69, 9.17) is 25.3 Å². The van der Waals surface area contributed by atoms with Gasteiger partial charge in [-0.05, 0) is 90.0 Å². The van der Waals surface area contributed by atoms with Gasteiger partial charge in [0.05, 0.1) is 24.5 Å². The monoisotopic (exact) mass is 830 g/mol. The molecule has 0 aliphatic rings. The number of nitro groups is 1. The van der Waals surface area contributed by atoms with E-state index in [-0.39, 0.29) is 39.3 Å². The third-order valence-corrected chi connectivity index (χ3v) is 9.17. The highest BCUT2D eigenvalue weighted by Gasteiger charge is 2.19. The molecule has 6 rings (SSSR count). The zero-order valence-electron chi connectivity index (χ0n) is 30.8. The molecule has 59 heavy (non-hydrogen) atoms. The number of nitriles is 1. The number of halogens is 1. The summed E-state index contributed by atoms with van der Waals surface area (Å²) in [6.45, 7) is 0. The van der Waals surface area contributed by atoms with Crippen LogP contribution in [0.2, 0.25) is 5.02 Å². The van der Waals surface area contributed by atoms with Gasteiger partial charge in [0.1, 0.15) is 28.0 Å². The number of benzene rings is 6. The third kappa shape index (κ3) is 12.3. The van der Waals surface area contributed by atoms with Gasteiger partial charge in [-0.2, -0.15) is 23.9 Å². The molecule has 6 aromatic carbocycles. The average Bonchev–Trinajstić information content (AvgIpc) is 3.25. The Morgan fingerprint density at radius 3 is 1.98 bits per heavy atom. The minimum absolute atomic E-state index is 0.0383. The molecule has 296 valence electrons. The van der Waals surface area contributed by atoms with Crippen molar-refractivity contribution in [3.63, 3.8) is 0 Å². The Balaban J connectivity index is 0.000000224. The molecule has 0 atom stereocenters. The number of methoxy groups -OCH3 is 1. The Labute approximate surface area is 343 Å². The molecule has 6 aromatic rings. The van der Waals surface area contributed by atoms with Crippen LogP contribution in [0.4, 0.5) is 5.69 Å². The lowest BCUT2D eigenvalue weighted by Gasteiger charge is -2.11. The van der Waals surface area contributed by atoms with Crippen molar-refractivity contribution in [1.82, 2.24) is 10.9 Å². The fraction of sp³-hybridized carbons (Fsp3) is 0.0238. The Hall–Kier alpha value is -7.87. The van der Waals surface area contributed by atoms with Crippen LogP contribution in [-0.4, -0.2) is 44.7 Å².